The summed E-state index contributed by atoms with van der Waals surface area (Å²) in [5, 5.41) is 0. The molecule has 2 N–H and O–H groups in total. The van der Waals surface area contributed by atoms with Gasteiger partial charge in [0, 0.05) is 45.5 Å². The number of rotatable bonds is 4. The Bertz CT molecular complexity index is 752. The minimum absolute atomic E-state index is 0.0169. The van der Waals surface area contributed by atoms with Crippen LogP contribution in [-0.2, 0) is 17.1 Å². The molecule has 0 spiro atoms. The molecule has 2 aliphatic heterocycles. The van der Waals surface area contributed by atoms with E-state index in [1.165, 1.54) is 10.4 Å². The molecule has 0 radical (unpaired) electrons. The summed E-state index contributed by atoms with van der Waals surface area (Å²) in [5.41, 5.74) is 6.29. The van der Waals surface area contributed by atoms with Crippen molar-refractivity contribution in [1.29, 1.82) is 0 Å². The van der Waals surface area contributed by atoms with Gasteiger partial charge < -0.3 is 15.2 Å². The van der Waals surface area contributed by atoms with Crippen LogP contribution < -0.4 is 5.73 Å². The molecule has 0 bridgehead atoms. The molecule has 2 fully saturated rings. The van der Waals surface area contributed by atoms with Gasteiger partial charge in [-0.05, 0) is 37.7 Å². The molecule has 7 nitrogen and oxygen atoms in total. The van der Waals surface area contributed by atoms with E-state index >= 15 is 0 Å². The number of piperidine rings is 2. The summed E-state index contributed by atoms with van der Waals surface area (Å²) in [6.45, 7) is 4.39. The molecule has 1 aromatic heterocycles. The van der Waals surface area contributed by atoms with Crippen LogP contribution in [0.5, 0.6) is 0 Å². The lowest BCUT2D eigenvalue weighted by Gasteiger charge is -2.38. The Balaban J connectivity index is 1.84. The molecule has 3 heterocycles. The highest BCUT2D eigenvalue weighted by atomic mass is 32.2. The number of nitrogens with two attached hydrogens (primary N) is 1. The number of carbonyl (C=O) groups is 1. The summed E-state index contributed by atoms with van der Waals surface area (Å²) in [5.74, 6) is 0.422. The van der Waals surface area contributed by atoms with Crippen LogP contribution in [-0.4, -0.2) is 60.3 Å². The maximum Gasteiger partial charge on any atom is 0.270 e. The van der Waals surface area contributed by atoms with Gasteiger partial charge in [0.15, 0.2) is 0 Å². The molecule has 2 unspecified atom stereocenters. The lowest BCUT2D eigenvalue weighted by Crippen LogP contribution is -2.49. The van der Waals surface area contributed by atoms with E-state index in [4.69, 9.17) is 5.73 Å². The van der Waals surface area contributed by atoms with E-state index in [1.54, 1.807) is 17.8 Å². The van der Waals surface area contributed by atoms with Crippen LogP contribution in [0.15, 0.2) is 17.2 Å². The van der Waals surface area contributed by atoms with E-state index < -0.39 is 10.0 Å². The summed E-state index contributed by atoms with van der Waals surface area (Å²) < 4.78 is 28.9. The van der Waals surface area contributed by atoms with Crippen LogP contribution in [0, 0.1) is 5.92 Å². The van der Waals surface area contributed by atoms with E-state index in [1.807, 2.05) is 4.90 Å². The Kier molecular flexibility index (Phi) is 5.74. The van der Waals surface area contributed by atoms with Gasteiger partial charge in [-0.1, -0.05) is 13.3 Å². The number of aryl methyl sites for hydroxylation is 1. The van der Waals surface area contributed by atoms with Gasteiger partial charge in [-0.3, -0.25) is 4.79 Å². The molecule has 2 saturated heterocycles. The smallest absolute Gasteiger partial charge is 0.270 e. The highest BCUT2D eigenvalue weighted by Gasteiger charge is 2.33. The minimum atomic E-state index is -3.54. The van der Waals surface area contributed by atoms with Crippen LogP contribution in [0.1, 0.15) is 49.5 Å². The first kappa shape index (κ1) is 19.4. The van der Waals surface area contributed by atoms with E-state index in [2.05, 4.69) is 6.92 Å². The molecule has 0 aliphatic carbocycles. The molecule has 2 atom stereocenters. The molecule has 1 aromatic rings. The first-order chi connectivity index (χ1) is 12.3. The molecule has 0 aromatic carbocycles. The summed E-state index contributed by atoms with van der Waals surface area (Å²) in [4.78, 5) is 15.1. The van der Waals surface area contributed by atoms with E-state index in [0.717, 1.165) is 32.1 Å². The van der Waals surface area contributed by atoms with Crippen molar-refractivity contribution in [2.75, 3.05) is 26.2 Å². The van der Waals surface area contributed by atoms with Gasteiger partial charge in [0.1, 0.15) is 10.6 Å². The summed E-state index contributed by atoms with van der Waals surface area (Å²) in [6, 6.07) is 1.54. The zero-order chi connectivity index (χ0) is 18.9. The highest BCUT2D eigenvalue weighted by Crippen LogP contribution is 2.26. The second-order valence-electron chi connectivity index (χ2n) is 7.65. The predicted molar refractivity (Wildman–Crippen MR) is 100 cm³/mol. The zero-order valence-electron chi connectivity index (χ0n) is 15.7. The van der Waals surface area contributed by atoms with Gasteiger partial charge in [-0.25, -0.2) is 8.42 Å². The van der Waals surface area contributed by atoms with Crippen molar-refractivity contribution in [1.82, 2.24) is 13.8 Å². The molecule has 2 aliphatic rings. The van der Waals surface area contributed by atoms with Gasteiger partial charge >= 0.3 is 0 Å². The summed E-state index contributed by atoms with van der Waals surface area (Å²) in [6.07, 6.45) is 6.25. The second kappa shape index (κ2) is 7.70. The van der Waals surface area contributed by atoms with Gasteiger partial charge in [0.2, 0.25) is 10.0 Å². The number of aromatic nitrogens is 1. The van der Waals surface area contributed by atoms with E-state index in [0.29, 0.717) is 37.8 Å². The van der Waals surface area contributed by atoms with Gasteiger partial charge in [-0.2, -0.15) is 4.31 Å². The Morgan fingerprint density at radius 1 is 1.23 bits per heavy atom. The fourth-order valence-electron chi connectivity index (χ4n) is 4.03. The Morgan fingerprint density at radius 2 is 1.92 bits per heavy atom. The number of hydrogen-bond donors (Lipinski definition) is 1. The van der Waals surface area contributed by atoms with Crippen molar-refractivity contribution < 1.29 is 13.2 Å². The quantitative estimate of drug-likeness (QED) is 0.852. The Hall–Kier alpha value is -1.38. The molecule has 1 amide bonds. The molecular formula is C18H30N4O3S. The monoisotopic (exact) mass is 382 g/mol. The van der Waals surface area contributed by atoms with Crippen molar-refractivity contribution in [3.05, 3.63) is 18.0 Å². The maximum atomic E-state index is 13.1. The third kappa shape index (κ3) is 3.68. The van der Waals surface area contributed by atoms with E-state index in [9.17, 15) is 13.2 Å². The van der Waals surface area contributed by atoms with Crippen LogP contribution in [0.4, 0.5) is 0 Å². The fraction of sp³-hybridized carbons (Fsp3) is 0.722. The van der Waals surface area contributed by atoms with Crippen LogP contribution >= 0.6 is 0 Å². The Morgan fingerprint density at radius 3 is 2.58 bits per heavy atom. The number of likely N-dealkylation sites (tertiary alicyclic amines) is 1. The SMILES string of the molecule is CC1CCN(C(=O)c2cc(S(=O)(=O)N3CCCCC3)cn2C)C(CN)C1. The van der Waals surface area contributed by atoms with Crippen LogP contribution in [0.2, 0.25) is 0 Å². The lowest BCUT2D eigenvalue weighted by molar-refractivity contribution is 0.0564. The normalized spacial score (nSPS) is 25.4. The first-order valence-corrected chi connectivity index (χ1v) is 11.0. The van der Waals surface area contributed by atoms with Crippen LogP contribution in [0.25, 0.3) is 0 Å². The van der Waals surface area contributed by atoms with Crippen molar-refractivity contribution in [3.8, 4) is 0 Å². The van der Waals surface area contributed by atoms with Crippen molar-refractivity contribution in [3.63, 3.8) is 0 Å². The number of sulfonamides is 1. The molecule has 8 heteroatoms. The minimum Gasteiger partial charge on any atom is -0.345 e. The molecule has 146 valence electrons. The third-order valence-electron chi connectivity index (χ3n) is 5.66. The number of carbonyl (C=O) groups excluding carboxylic acids is 1. The summed E-state index contributed by atoms with van der Waals surface area (Å²) in [7, 11) is -1.81. The lowest BCUT2D eigenvalue weighted by atomic mass is 9.92. The van der Waals surface area contributed by atoms with Crippen molar-refractivity contribution >= 4 is 15.9 Å². The predicted octanol–water partition coefficient (Wildman–Crippen LogP) is 1.40. The third-order valence-corrected chi connectivity index (χ3v) is 7.53. The highest BCUT2D eigenvalue weighted by molar-refractivity contribution is 7.89. The van der Waals surface area contributed by atoms with E-state index in [-0.39, 0.29) is 16.8 Å². The first-order valence-electron chi connectivity index (χ1n) is 9.52. The summed E-state index contributed by atoms with van der Waals surface area (Å²) >= 11 is 0. The number of hydrogen-bond acceptors (Lipinski definition) is 4. The maximum absolute atomic E-state index is 13.1. The van der Waals surface area contributed by atoms with Crippen molar-refractivity contribution in [2.45, 2.75) is 50.0 Å². The molecule has 26 heavy (non-hydrogen) atoms. The van der Waals surface area contributed by atoms with Crippen molar-refractivity contribution in [2.24, 2.45) is 18.7 Å². The molecular weight excluding hydrogens is 352 g/mol. The van der Waals surface area contributed by atoms with Crippen LogP contribution in [0.3, 0.4) is 0 Å². The van der Waals surface area contributed by atoms with Gasteiger partial charge in [0.05, 0.1) is 0 Å². The molecule has 3 rings (SSSR count). The zero-order valence-corrected chi connectivity index (χ0v) is 16.5. The topological polar surface area (TPSA) is 88.6 Å². The number of nitrogens with zero attached hydrogens (tertiary/aromatic N) is 3. The molecule has 0 saturated carbocycles. The average molecular weight is 383 g/mol. The number of amides is 1. The fourth-order valence-corrected chi connectivity index (χ4v) is 5.62. The largest absolute Gasteiger partial charge is 0.345 e. The van der Waals surface area contributed by atoms with Gasteiger partial charge in [-0.15, -0.1) is 0 Å². The Labute approximate surface area is 156 Å². The second-order valence-corrected chi connectivity index (χ2v) is 9.59. The standard InChI is InChI=1S/C18H30N4O3S/c1-14-6-9-22(15(10-14)12-19)18(23)17-11-16(13-20(17)2)26(24,25)21-7-4-3-5-8-21/h11,13-15H,3-10,12,19H2,1-2H3. The average Bonchev–Trinajstić information content (AvgIpc) is 3.04. The van der Waals surface area contributed by atoms with Gasteiger partial charge in [0.25, 0.3) is 5.91 Å².